The van der Waals surface area contributed by atoms with Gasteiger partial charge in [0.15, 0.2) is 5.82 Å². The number of aromatic nitrogens is 4. The highest BCUT2D eigenvalue weighted by Gasteiger charge is 2.15. The van der Waals surface area contributed by atoms with Gasteiger partial charge in [-0.1, -0.05) is 48.0 Å². The molecule has 0 aliphatic rings. The Kier molecular flexibility index (Phi) is 6.12. The summed E-state index contributed by atoms with van der Waals surface area (Å²) < 4.78 is 3.30. The molecule has 0 spiro atoms. The van der Waals surface area contributed by atoms with E-state index in [0.717, 1.165) is 27.6 Å². The minimum Gasteiger partial charge on any atom is -0.382 e. The van der Waals surface area contributed by atoms with Gasteiger partial charge in [-0.15, -0.1) is 0 Å². The van der Waals surface area contributed by atoms with Gasteiger partial charge < -0.3 is 20.6 Å². The maximum absolute atomic E-state index is 12.7. The highest BCUT2D eigenvalue weighted by molar-refractivity contribution is 6.35. The molecule has 0 saturated carbocycles. The van der Waals surface area contributed by atoms with Crippen LogP contribution >= 0.6 is 11.6 Å². The van der Waals surface area contributed by atoms with Gasteiger partial charge in [0.1, 0.15) is 5.56 Å². The van der Waals surface area contributed by atoms with Crippen molar-refractivity contribution in [3.05, 3.63) is 117 Å². The number of nitrogens with two attached hydrogens (primary N) is 1. The van der Waals surface area contributed by atoms with Gasteiger partial charge in [0.05, 0.1) is 18.1 Å². The van der Waals surface area contributed by atoms with Crippen LogP contribution in [0.25, 0.3) is 10.9 Å². The molecule has 0 bridgehead atoms. The summed E-state index contributed by atoms with van der Waals surface area (Å²) in [6, 6.07) is 18.8. The molecule has 35 heavy (non-hydrogen) atoms. The van der Waals surface area contributed by atoms with Crippen molar-refractivity contribution in [2.75, 3.05) is 5.73 Å². The van der Waals surface area contributed by atoms with Crippen LogP contribution in [0.4, 0.5) is 5.82 Å². The molecule has 2 aromatic carbocycles. The first kappa shape index (κ1) is 22.5. The number of anilines is 1. The summed E-state index contributed by atoms with van der Waals surface area (Å²) in [5.41, 5.74) is 10.2. The highest BCUT2D eigenvalue weighted by Crippen LogP contribution is 2.24. The monoisotopic (exact) mass is 486 g/mol. The molecule has 3 heterocycles. The van der Waals surface area contributed by atoms with Crippen molar-refractivity contribution < 1.29 is 4.79 Å². The third kappa shape index (κ3) is 4.97. The Labute approximate surface area is 206 Å². The molecular formula is C26H23ClN6O2. The lowest BCUT2D eigenvalue weighted by atomic mass is 10.1. The number of benzene rings is 2. The number of nitrogens with zero attached hydrogens (tertiary/aromatic N) is 3. The van der Waals surface area contributed by atoms with Crippen LogP contribution in [-0.2, 0) is 19.6 Å². The van der Waals surface area contributed by atoms with Crippen LogP contribution in [0, 0.1) is 0 Å². The molecule has 1 amide bonds. The molecule has 0 unspecified atom stereocenters. The Morgan fingerprint density at radius 1 is 1.03 bits per heavy atom. The Morgan fingerprint density at radius 3 is 2.54 bits per heavy atom. The van der Waals surface area contributed by atoms with Crippen LogP contribution in [0.5, 0.6) is 0 Å². The maximum Gasteiger partial charge on any atom is 0.256 e. The second-order valence-electron chi connectivity index (χ2n) is 8.31. The fourth-order valence-electron chi connectivity index (χ4n) is 3.94. The SMILES string of the molecule is Nc1nn(Cc2ccc(Cn3ccccc3=O)cc2)cc1C(=O)NCc1ccc2[nH]cc(Cl)c2c1. The van der Waals surface area contributed by atoms with Gasteiger partial charge in [0.2, 0.25) is 0 Å². The average molecular weight is 487 g/mol. The number of amides is 1. The molecule has 8 nitrogen and oxygen atoms in total. The third-order valence-corrected chi connectivity index (χ3v) is 6.12. The van der Waals surface area contributed by atoms with Gasteiger partial charge in [0, 0.05) is 42.1 Å². The molecule has 5 aromatic rings. The van der Waals surface area contributed by atoms with Gasteiger partial charge in [-0.3, -0.25) is 14.3 Å². The number of nitrogens with one attached hydrogen (secondary N) is 2. The summed E-state index contributed by atoms with van der Waals surface area (Å²) in [7, 11) is 0. The maximum atomic E-state index is 12.7. The van der Waals surface area contributed by atoms with Crippen molar-refractivity contribution in [2.24, 2.45) is 0 Å². The lowest BCUT2D eigenvalue weighted by Crippen LogP contribution is -2.23. The van der Waals surface area contributed by atoms with E-state index in [9.17, 15) is 9.59 Å². The second kappa shape index (κ2) is 9.52. The van der Waals surface area contributed by atoms with Crippen molar-refractivity contribution in [3.8, 4) is 0 Å². The molecule has 0 saturated heterocycles. The predicted molar refractivity (Wildman–Crippen MR) is 136 cm³/mol. The number of hydrogen-bond acceptors (Lipinski definition) is 4. The first-order valence-electron chi connectivity index (χ1n) is 11.1. The number of carbonyl (C=O) groups excluding carboxylic acids is 1. The largest absolute Gasteiger partial charge is 0.382 e. The van der Waals surface area contributed by atoms with E-state index < -0.39 is 0 Å². The lowest BCUT2D eigenvalue weighted by molar-refractivity contribution is 0.0951. The molecule has 0 radical (unpaired) electrons. The Hall–Kier alpha value is -4.30. The van der Waals surface area contributed by atoms with E-state index in [0.29, 0.717) is 30.2 Å². The van der Waals surface area contributed by atoms with E-state index in [1.807, 2.05) is 48.5 Å². The second-order valence-corrected chi connectivity index (χ2v) is 8.72. The van der Waals surface area contributed by atoms with Crippen LogP contribution in [0.3, 0.4) is 0 Å². The zero-order valence-electron chi connectivity index (χ0n) is 18.7. The average Bonchev–Trinajstić information content (AvgIpc) is 3.42. The van der Waals surface area contributed by atoms with Crippen molar-refractivity contribution in [1.29, 1.82) is 0 Å². The molecule has 5 rings (SSSR count). The quantitative estimate of drug-likeness (QED) is 0.325. The van der Waals surface area contributed by atoms with E-state index in [1.54, 1.807) is 40.0 Å². The van der Waals surface area contributed by atoms with E-state index >= 15 is 0 Å². The van der Waals surface area contributed by atoms with E-state index in [1.165, 1.54) is 0 Å². The number of carbonyl (C=O) groups is 1. The molecule has 176 valence electrons. The topological polar surface area (TPSA) is 111 Å². The fraction of sp³-hybridized carbons (Fsp3) is 0.115. The number of hydrogen-bond donors (Lipinski definition) is 3. The van der Waals surface area contributed by atoms with Gasteiger partial charge >= 0.3 is 0 Å². The minimum absolute atomic E-state index is 0.0387. The number of H-pyrrole nitrogens is 1. The summed E-state index contributed by atoms with van der Waals surface area (Å²) in [4.78, 5) is 27.7. The van der Waals surface area contributed by atoms with Crippen LogP contribution in [0.1, 0.15) is 27.0 Å². The first-order valence-corrected chi connectivity index (χ1v) is 11.4. The summed E-state index contributed by atoms with van der Waals surface area (Å²) >= 11 is 6.18. The van der Waals surface area contributed by atoms with E-state index in [2.05, 4.69) is 15.4 Å². The minimum atomic E-state index is -0.294. The predicted octanol–water partition coefficient (Wildman–Crippen LogP) is 3.79. The lowest BCUT2D eigenvalue weighted by Gasteiger charge is -2.07. The molecule has 4 N–H and O–H groups in total. The summed E-state index contributed by atoms with van der Waals surface area (Å²) in [5, 5.41) is 8.74. The number of pyridine rings is 1. The van der Waals surface area contributed by atoms with Crippen LogP contribution < -0.4 is 16.6 Å². The van der Waals surface area contributed by atoms with Gasteiger partial charge in [-0.05, 0) is 34.9 Å². The van der Waals surface area contributed by atoms with Gasteiger partial charge in [-0.25, -0.2) is 0 Å². The number of fused-ring (bicyclic) bond motifs is 1. The van der Waals surface area contributed by atoms with E-state index in [4.69, 9.17) is 17.3 Å². The molecule has 0 aliphatic carbocycles. The molecule has 0 aliphatic heterocycles. The molecule has 0 atom stereocenters. The smallest absolute Gasteiger partial charge is 0.256 e. The third-order valence-electron chi connectivity index (χ3n) is 5.80. The zero-order chi connectivity index (χ0) is 24.4. The standard InChI is InChI=1S/C26H23ClN6O2/c27-22-13-29-23-9-8-19(11-20(22)23)12-30-26(35)21-16-33(31-25(21)28)15-18-6-4-17(5-7-18)14-32-10-2-1-3-24(32)34/h1-11,13,16,29H,12,14-15H2,(H2,28,31)(H,30,35). The number of nitrogen functional groups attached to an aromatic ring is 1. The van der Waals surface area contributed by atoms with Crippen molar-refractivity contribution in [2.45, 2.75) is 19.6 Å². The van der Waals surface area contributed by atoms with Crippen LogP contribution in [-0.4, -0.2) is 25.2 Å². The Bertz CT molecular complexity index is 1570. The van der Waals surface area contributed by atoms with Crippen molar-refractivity contribution in [3.63, 3.8) is 0 Å². The Balaban J connectivity index is 1.22. The number of aromatic amines is 1. The highest BCUT2D eigenvalue weighted by atomic mass is 35.5. The fourth-order valence-corrected chi connectivity index (χ4v) is 4.15. The zero-order valence-corrected chi connectivity index (χ0v) is 19.5. The first-order chi connectivity index (χ1) is 17.0. The number of halogens is 1. The van der Waals surface area contributed by atoms with Crippen molar-refractivity contribution >= 4 is 34.2 Å². The van der Waals surface area contributed by atoms with E-state index in [-0.39, 0.29) is 17.3 Å². The summed E-state index contributed by atoms with van der Waals surface area (Å²) in [5.74, 6) is -0.121. The van der Waals surface area contributed by atoms with Crippen molar-refractivity contribution in [1.82, 2.24) is 24.6 Å². The van der Waals surface area contributed by atoms with Crippen LogP contribution in [0.15, 0.2) is 84.0 Å². The summed E-state index contributed by atoms with van der Waals surface area (Å²) in [6.07, 6.45) is 5.15. The Morgan fingerprint density at radius 2 is 1.77 bits per heavy atom. The molecule has 9 heteroatoms. The van der Waals surface area contributed by atoms with Crippen LogP contribution in [0.2, 0.25) is 5.02 Å². The normalized spacial score (nSPS) is 11.1. The molecule has 0 fully saturated rings. The van der Waals surface area contributed by atoms with Gasteiger partial charge in [0.25, 0.3) is 11.5 Å². The number of rotatable bonds is 7. The molecule has 3 aromatic heterocycles. The van der Waals surface area contributed by atoms with Gasteiger partial charge in [-0.2, -0.15) is 5.10 Å². The summed E-state index contributed by atoms with van der Waals surface area (Å²) in [6.45, 7) is 1.31. The molecular weight excluding hydrogens is 464 g/mol.